The van der Waals surface area contributed by atoms with E-state index < -0.39 is 15.7 Å². The van der Waals surface area contributed by atoms with Gasteiger partial charge in [-0.3, -0.25) is 4.98 Å². The highest BCUT2D eigenvalue weighted by Gasteiger charge is 2.24. The largest absolute Gasteiger partial charge is 0.495 e. The van der Waals surface area contributed by atoms with Gasteiger partial charge in [-0.2, -0.15) is 0 Å². The SMILES string of the molecule is COc1c(S(=O)(=O)c2ccc(Cl)cc2)cnc2ccc(F)cc12. The third-order valence-corrected chi connectivity index (χ3v) is 5.38. The van der Waals surface area contributed by atoms with Crippen LogP contribution in [-0.2, 0) is 9.84 Å². The van der Waals surface area contributed by atoms with Crippen LogP contribution in [0, 0.1) is 5.82 Å². The fraction of sp³-hybridized carbons (Fsp3) is 0.0625. The number of halogens is 2. The lowest BCUT2D eigenvalue weighted by Crippen LogP contribution is -2.05. The first-order valence-corrected chi connectivity index (χ1v) is 8.42. The maximum Gasteiger partial charge on any atom is 0.211 e. The fourth-order valence-corrected chi connectivity index (χ4v) is 3.77. The van der Waals surface area contributed by atoms with E-state index in [-0.39, 0.29) is 15.5 Å². The molecule has 0 atom stereocenters. The Morgan fingerprint density at radius 2 is 1.83 bits per heavy atom. The van der Waals surface area contributed by atoms with Gasteiger partial charge in [0.2, 0.25) is 9.84 Å². The van der Waals surface area contributed by atoms with E-state index in [1.165, 1.54) is 55.8 Å². The first kappa shape index (κ1) is 15.7. The number of aromatic nitrogens is 1. The lowest BCUT2D eigenvalue weighted by molar-refractivity contribution is 0.407. The molecule has 0 aliphatic carbocycles. The van der Waals surface area contributed by atoms with Crippen molar-refractivity contribution in [3.63, 3.8) is 0 Å². The van der Waals surface area contributed by atoms with Gasteiger partial charge in [0.05, 0.1) is 23.7 Å². The number of benzene rings is 2. The number of ether oxygens (including phenoxy) is 1. The second-order valence-electron chi connectivity index (χ2n) is 4.77. The molecule has 0 spiro atoms. The van der Waals surface area contributed by atoms with E-state index in [0.29, 0.717) is 15.9 Å². The van der Waals surface area contributed by atoms with E-state index in [2.05, 4.69) is 4.98 Å². The molecule has 0 saturated carbocycles. The second kappa shape index (κ2) is 5.79. The van der Waals surface area contributed by atoms with E-state index in [1.54, 1.807) is 0 Å². The molecule has 0 aliphatic rings. The van der Waals surface area contributed by atoms with Crippen LogP contribution in [-0.4, -0.2) is 20.5 Å². The van der Waals surface area contributed by atoms with Gasteiger partial charge in [0.25, 0.3) is 0 Å². The average molecular weight is 352 g/mol. The highest BCUT2D eigenvalue weighted by Crippen LogP contribution is 2.35. The topological polar surface area (TPSA) is 56.3 Å². The van der Waals surface area contributed by atoms with Crippen LogP contribution in [0.1, 0.15) is 0 Å². The summed E-state index contributed by atoms with van der Waals surface area (Å²) >= 11 is 5.79. The van der Waals surface area contributed by atoms with Crippen molar-refractivity contribution in [3.05, 3.63) is 59.5 Å². The summed E-state index contributed by atoms with van der Waals surface area (Å²) in [6.07, 6.45) is 1.21. The van der Waals surface area contributed by atoms with E-state index in [0.717, 1.165) is 0 Å². The molecule has 0 saturated heterocycles. The molecule has 3 aromatic rings. The lowest BCUT2D eigenvalue weighted by Gasteiger charge is -2.12. The number of nitrogens with zero attached hydrogens (tertiary/aromatic N) is 1. The van der Waals surface area contributed by atoms with Gasteiger partial charge in [0.15, 0.2) is 0 Å². The summed E-state index contributed by atoms with van der Waals surface area (Å²) in [7, 11) is -2.54. The van der Waals surface area contributed by atoms with Crippen LogP contribution in [0.5, 0.6) is 5.75 Å². The second-order valence-corrected chi connectivity index (χ2v) is 7.13. The van der Waals surface area contributed by atoms with Crippen LogP contribution < -0.4 is 4.74 Å². The van der Waals surface area contributed by atoms with Crippen LogP contribution >= 0.6 is 11.6 Å². The van der Waals surface area contributed by atoms with Gasteiger partial charge in [-0.1, -0.05) is 11.6 Å². The predicted octanol–water partition coefficient (Wildman–Crippen LogP) is 3.87. The monoisotopic (exact) mass is 351 g/mol. The molecule has 1 heterocycles. The Bertz CT molecular complexity index is 988. The van der Waals surface area contributed by atoms with Gasteiger partial charge in [-0.05, 0) is 42.5 Å². The smallest absolute Gasteiger partial charge is 0.211 e. The molecule has 0 aliphatic heterocycles. The molecule has 23 heavy (non-hydrogen) atoms. The molecule has 118 valence electrons. The summed E-state index contributed by atoms with van der Waals surface area (Å²) in [5, 5.41) is 0.720. The zero-order valence-electron chi connectivity index (χ0n) is 12.0. The Hall–Kier alpha value is -2.18. The van der Waals surface area contributed by atoms with Gasteiger partial charge in [-0.25, -0.2) is 12.8 Å². The van der Waals surface area contributed by atoms with Crippen LogP contribution in [0.3, 0.4) is 0 Å². The maximum atomic E-state index is 13.5. The number of fused-ring (bicyclic) bond motifs is 1. The van der Waals surface area contributed by atoms with E-state index in [1.807, 2.05) is 0 Å². The Balaban J connectivity index is 2.28. The molecule has 0 bridgehead atoms. The molecule has 1 aromatic heterocycles. The summed E-state index contributed by atoms with van der Waals surface area (Å²) < 4.78 is 44.3. The van der Waals surface area contributed by atoms with Crippen molar-refractivity contribution in [1.29, 1.82) is 0 Å². The van der Waals surface area contributed by atoms with Crippen LogP contribution in [0.15, 0.2) is 58.5 Å². The van der Waals surface area contributed by atoms with Crippen molar-refractivity contribution in [1.82, 2.24) is 4.98 Å². The van der Waals surface area contributed by atoms with Crippen LogP contribution in [0.4, 0.5) is 4.39 Å². The standard InChI is InChI=1S/C16H11ClFNO3S/c1-22-16-13-8-11(18)4-7-14(13)19-9-15(16)23(20,21)12-5-2-10(17)3-6-12/h2-9H,1H3. The Kier molecular flexibility index (Phi) is 3.95. The van der Waals surface area contributed by atoms with Crippen molar-refractivity contribution in [2.24, 2.45) is 0 Å². The predicted molar refractivity (Wildman–Crippen MR) is 85.2 cm³/mol. The molecule has 0 amide bonds. The van der Waals surface area contributed by atoms with Gasteiger partial charge >= 0.3 is 0 Å². The molecule has 0 N–H and O–H groups in total. The normalized spacial score (nSPS) is 11.6. The first-order valence-electron chi connectivity index (χ1n) is 6.56. The molecule has 4 nitrogen and oxygen atoms in total. The number of hydrogen-bond acceptors (Lipinski definition) is 4. The summed E-state index contributed by atoms with van der Waals surface area (Å²) in [5.41, 5.74) is 0.443. The summed E-state index contributed by atoms with van der Waals surface area (Å²) in [6, 6.07) is 9.67. The van der Waals surface area contributed by atoms with Gasteiger partial charge in [0, 0.05) is 10.4 Å². The van der Waals surface area contributed by atoms with Gasteiger partial charge in [-0.15, -0.1) is 0 Å². The van der Waals surface area contributed by atoms with Crippen molar-refractivity contribution in [3.8, 4) is 5.75 Å². The molecule has 3 rings (SSSR count). The van der Waals surface area contributed by atoms with Gasteiger partial charge in [0.1, 0.15) is 16.5 Å². The quantitative estimate of drug-likeness (QED) is 0.718. The number of pyridine rings is 1. The molecule has 7 heteroatoms. The molecule has 0 unspecified atom stereocenters. The average Bonchev–Trinajstić information content (AvgIpc) is 2.54. The van der Waals surface area contributed by atoms with Crippen LogP contribution in [0.25, 0.3) is 10.9 Å². The molecular weight excluding hydrogens is 341 g/mol. The van der Waals surface area contributed by atoms with Crippen molar-refractivity contribution in [2.45, 2.75) is 9.79 Å². The summed E-state index contributed by atoms with van der Waals surface area (Å²) in [5.74, 6) is -0.442. The summed E-state index contributed by atoms with van der Waals surface area (Å²) in [4.78, 5) is 4.02. The first-order chi connectivity index (χ1) is 10.9. The highest BCUT2D eigenvalue weighted by atomic mass is 35.5. The molecule has 0 fully saturated rings. The van der Waals surface area contributed by atoms with E-state index in [9.17, 15) is 12.8 Å². The minimum absolute atomic E-state index is 0.0535. The number of hydrogen-bond donors (Lipinski definition) is 0. The number of sulfone groups is 1. The summed E-state index contributed by atoms with van der Waals surface area (Å²) in [6.45, 7) is 0. The van der Waals surface area contributed by atoms with Crippen molar-refractivity contribution in [2.75, 3.05) is 7.11 Å². The lowest BCUT2D eigenvalue weighted by atomic mass is 10.2. The fourth-order valence-electron chi connectivity index (χ4n) is 2.26. The van der Waals surface area contributed by atoms with E-state index >= 15 is 0 Å². The van der Waals surface area contributed by atoms with Crippen molar-refractivity contribution >= 4 is 32.3 Å². The third kappa shape index (κ3) is 2.75. The molecule has 0 radical (unpaired) electrons. The minimum Gasteiger partial charge on any atom is -0.495 e. The zero-order valence-corrected chi connectivity index (χ0v) is 13.5. The number of methoxy groups -OCH3 is 1. The van der Waals surface area contributed by atoms with E-state index in [4.69, 9.17) is 16.3 Å². The van der Waals surface area contributed by atoms with Crippen LogP contribution in [0.2, 0.25) is 5.02 Å². The molecule has 2 aromatic carbocycles. The Morgan fingerprint density at radius 3 is 2.48 bits per heavy atom. The van der Waals surface area contributed by atoms with Gasteiger partial charge < -0.3 is 4.74 Å². The number of rotatable bonds is 3. The molecular formula is C16H11ClFNO3S. The van der Waals surface area contributed by atoms with Crippen molar-refractivity contribution < 1.29 is 17.5 Å². The maximum absolute atomic E-state index is 13.5. The highest BCUT2D eigenvalue weighted by molar-refractivity contribution is 7.91. The Labute approximate surface area is 137 Å². The third-order valence-electron chi connectivity index (χ3n) is 3.37. The minimum atomic E-state index is -3.87. The zero-order chi connectivity index (χ0) is 16.6. The Morgan fingerprint density at radius 1 is 1.13 bits per heavy atom.